The standard InChI is InChI=1S/C29H38ClN3O5/c1-17-4-7-22-18(2)25(35-27-29(22)21(17)10-12-28(3,36-27)37-38-29)8-9-26(34)33-15-14-32-23-11-13-31-24-16-19(30)5-6-20(23)24/h5-6,11,13,16-18,21-22,25,27H,4,7-10,12,14-15H2,1-3H3,(H,31,32)(H,33,34)/t17-,18-,21+,22+,25-,27-,28-,29-/m1/s1. The predicted molar refractivity (Wildman–Crippen MR) is 144 cm³/mol. The molecule has 2 N–H and O–H groups in total. The van der Waals surface area contributed by atoms with Crippen LogP contribution in [0.5, 0.6) is 0 Å². The van der Waals surface area contributed by atoms with E-state index in [4.69, 9.17) is 30.8 Å². The van der Waals surface area contributed by atoms with Crippen LogP contribution in [0.25, 0.3) is 10.9 Å². The lowest BCUT2D eigenvalue weighted by Crippen LogP contribution is -2.70. The number of ether oxygens (including phenoxy) is 2. The Hall–Kier alpha value is -1.97. The Morgan fingerprint density at radius 3 is 2.87 bits per heavy atom. The van der Waals surface area contributed by atoms with E-state index in [1.807, 2.05) is 31.2 Å². The van der Waals surface area contributed by atoms with Gasteiger partial charge in [-0.1, -0.05) is 25.4 Å². The van der Waals surface area contributed by atoms with Crippen molar-refractivity contribution in [2.45, 2.75) is 83.1 Å². The molecule has 1 amide bonds. The molecule has 2 bridgehead atoms. The molecule has 8 atom stereocenters. The van der Waals surface area contributed by atoms with Gasteiger partial charge in [-0.05, 0) is 74.6 Å². The van der Waals surface area contributed by atoms with Gasteiger partial charge in [-0.15, -0.1) is 0 Å². The van der Waals surface area contributed by atoms with Crippen LogP contribution in [0.3, 0.4) is 0 Å². The van der Waals surface area contributed by atoms with Crippen LogP contribution >= 0.6 is 11.6 Å². The van der Waals surface area contributed by atoms with Gasteiger partial charge in [0.15, 0.2) is 11.9 Å². The molecule has 1 aromatic carbocycles. The molecule has 5 fully saturated rings. The third kappa shape index (κ3) is 4.58. The van der Waals surface area contributed by atoms with Crippen molar-refractivity contribution in [2.75, 3.05) is 18.4 Å². The lowest BCUT2D eigenvalue weighted by molar-refractivity contribution is -0.571. The number of carbonyl (C=O) groups is 1. The number of hydrogen-bond acceptors (Lipinski definition) is 7. The molecule has 1 aliphatic carbocycles. The Morgan fingerprint density at radius 1 is 1.13 bits per heavy atom. The van der Waals surface area contributed by atoms with E-state index in [1.165, 1.54) is 6.42 Å². The van der Waals surface area contributed by atoms with E-state index < -0.39 is 17.7 Å². The molecule has 206 valence electrons. The van der Waals surface area contributed by atoms with Crippen LogP contribution in [0.4, 0.5) is 5.69 Å². The zero-order valence-electron chi connectivity index (χ0n) is 22.4. The molecule has 7 rings (SSSR count). The summed E-state index contributed by atoms with van der Waals surface area (Å²) in [5.74, 6) is 0.672. The number of halogens is 1. The number of pyridine rings is 1. The summed E-state index contributed by atoms with van der Waals surface area (Å²) in [5.41, 5.74) is 1.25. The number of rotatable bonds is 7. The van der Waals surface area contributed by atoms with Crippen molar-refractivity contribution in [3.05, 3.63) is 35.5 Å². The fourth-order valence-corrected chi connectivity index (χ4v) is 7.51. The number of amides is 1. The molecular weight excluding hydrogens is 506 g/mol. The van der Waals surface area contributed by atoms with Crippen LogP contribution in [-0.2, 0) is 24.0 Å². The van der Waals surface area contributed by atoms with Crippen LogP contribution in [0.15, 0.2) is 30.5 Å². The molecule has 1 saturated carbocycles. The van der Waals surface area contributed by atoms with Gasteiger partial charge in [-0.2, -0.15) is 0 Å². The van der Waals surface area contributed by atoms with E-state index in [1.54, 1.807) is 6.20 Å². The van der Waals surface area contributed by atoms with Gasteiger partial charge in [0, 0.05) is 54.1 Å². The smallest absolute Gasteiger partial charge is 0.220 e. The Labute approximate surface area is 229 Å². The summed E-state index contributed by atoms with van der Waals surface area (Å²) in [6, 6.07) is 7.59. The second-order valence-corrected chi connectivity index (χ2v) is 12.2. The quantitative estimate of drug-likeness (QED) is 0.354. The lowest BCUT2D eigenvalue weighted by atomic mass is 9.57. The monoisotopic (exact) mass is 543 g/mol. The maximum Gasteiger partial charge on any atom is 0.220 e. The van der Waals surface area contributed by atoms with Gasteiger partial charge in [0.25, 0.3) is 0 Å². The first-order chi connectivity index (χ1) is 18.3. The molecule has 2 aromatic rings. The zero-order chi connectivity index (χ0) is 26.5. The van der Waals surface area contributed by atoms with Crippen molar-refractivity contribution in [3.8, 4) is 0 Å². The Balaban J connectivity index is 1.03. The number of aromatic nitrogens is 1. The highest BCUT2D eigenvalue weighted by Crippen LogP contribution is 2.60. The Bertz CT molecular complexity index is 1200. The molecule has 1 spiro atoms. The molecule has 0 unspecified atom stereocenters. The van der Waals surface area contributed by atoms with Gasteiger partial charge in [-0.3, -0.25) is 9.78 Å². The SMILES string of the molecule is C[C@H]1[C@@H](CCC(=O)NCCNc2ccnc3cc(Cl)ccc23)O[C@@H]2O[C@@]3(C)CC[C@H]4[C@H](C)CC[C@@H]1[C@@]24OO3. The first-order valence-corrected chi connectivity index (χ1v) is 14.4. The molecule has 9 heteroatoms. The van der Waals surface area contributed by atoms with E-state index in [2.05, 4.69) is 29.5 Å². The first-order valence-electron chi connectivity index (χ1n) is 14.0. The summed E-state index contributed by atoms with van der Waals surface area (Å²) < 4.78 is 13.0. The molecule has 38 heavy (non-hydrogen) atoms. The number of benzene rings is 1. The van der Waals surface area contributed by atoms with Crippen molar-refractivity contribution in [1.82, 2.24) is 10.3 Å². The van der Waals surface area contributed by atoms with Gasteiger partial charge in [0.05, 0.1) is 11.6 Å². The molecule has 4 aliphatic heterocycles. The number of nitrogens with one attached hydrogen (secondary N) is 2. The number of nitrogens with zero attached hydrogens (tertiary/aromatic N) is 1. The Kier molecular flexibility index (Phi) is 7.06. The highest BCUT2D eigenvalue weighted by Gasteiger charge is 2.69. The minimum absolute atomic E-state index is 0.0271. The minimum Gasteiger partial charge on any atom is -0.383 e. The number of fused-ring (bicyclic) bond motifs is 3. The molecule has 4 saturated heterocycles. The minimum atomic E-state index is -0.778. The summed E-state index contributed by atoms with van der Waals surface area (Å²) in [6.07, 6.45) is 6.36. The van der Waals surface area contributed by atoms with Crippen molar-refractivity contribution < 1.29 is 24.0 Å². The summed E-state index contributed by atoms with van der Waals surface area (Å²) in [4.78, 5) is 29.2. The average molecular weight is 544 g/mol. The summed E-state index contributed by atoms with van der Waals surface area (Å²) >= 11 is 6.09. The molecule has 5 aliphatic rings. The molecule has 8 nitrogen and oxygen atoms in total. The fourth-order valence-electron chi connectivity index (χ4n) is 7.35. The van der Waals surface area contributed by atoms with Crippen LogP contribution in [0.1, 0.15) is 59.3 Å². The molecule has 5 heterocycles. The third-order valence-corrected chi connectivity index (χ3v) is 9.65. The van der Waals surface area contributed by atoms with Crippen LogP contribution in [0.2, 0.25) is 5.02 Å². The maximum atomic E-state index is 12.7. The van der Waals surface area contributed by atoms with E-state index >= 15 is 0 Å². The number of hydrogen-bond donors (Lipinski definition) is 2. The van der Waals surface area contributed by atoms with E-state index in [9.17, 15) is 4.79 Å². The summed E-state index contributed by atoms with van der Waals surface area (Å²) in [6.45, 7) is 7.64. The third-order valence-electron chi connectivity index (χ3n) is 9.42. The van der Waals surface area contributed by atoms with E-state index in [0.717, 1.165) is 35.9 Å². The number of carbonyl (C=O) groups excluding carboxylic acids is 1. The van der Waals surface area contributed by atoms with Gasteiger partial charge in [-0.25, -0.2) is 9.78 Å². The van der Waals surface area contributed by atoms with E-state index in [-0.39, 0.29) is 23.8 Å². The average Bonchev–Trinajstić information content (AvgIpc) is 3.13. The summed E-state index contributed by atoms with van der Waals surface area (Å²) in [5, 5.41) is 8.10. The maximum absolute atomic E-state index is 12.7. The Morgan fingerprint density at radius 2 is 2.00 bits per heavy atom. The van der Waals surface area contributed by atoms with Gasteiger partial charge in [0.2, 0.25) is 11.7 Å². The normalized spacial score (nSPS) is 37.9. The molecule has 1 aromatic heterocycles. The topological polar surface area (TPSA) is 90.9 Å². The lowest BCUT2D eigenvalue weighted by Gasteiger charge is -2.60. The fraction of sp³-hybridized carbons (Fsp3) is 0.655. The van der Waals surface area contributed by atoms with Crippen molar-refractivity contribution in [3.63, 3.8) is 0 Å². The molecule has 0 radical (unpaired) electrons. The van der Waals surface area contributed by atoms with Gasteiger partial charge < -0.3 is 20.1 Å². The number of anilines is 1. The largest absolute Gasteiger partial charge is 0.383 e. The predicted octanol–water partition coefficient (Wildman–Crippen LogP) is 5.45. The van der Waals surface area contributed by atoms with Crippen LogP contribution in [-0.4, -0.2) is 47.8 Å². The first kappa shape index (κ1) is 26.3. The highest BCUT2D eigenvalue weighted by atomic mass is 35.5. The van der Waals surface area contributed by atoms with Gasteiger partial charge >= 0.3 is 0 Å². The highest BCUT2D eigenvalue weighted by molar-refractivity contribution is 6.31. The van der Waals surface area contributed by atoms with E-state index in [0.29, 0.717) is 42.8 Å². The van der Waals surface area contributed by atoms with Crippen molar-refractivity contribution in [2.24, 2.45) is 23.7 Å². The van der Waals surface area contributed by atoms with Crippen LogP contribution < -0.4 is 10.6 Å². The van der Waals surface area contributed by atoms with Crippen molar-refractivity contribution >= 4 is 34.1 Å². The molecular formula is C29H38ClN3O5. The van der Waals surface area contributed by atoms with Gasteiger partial charge in [0.1, 0.15) is 0 Å². The second-order valence-electron chi connectivity index (χ2n) is 11.8. The van der Waals surface area contributed by atoms with Crippen molar-refractivity contribution in [1.29, 1.82) is 0 Å². The van der Waals surface area contributed by atoms with Crippen LogP contribution in [0, 0.1) is 23.7 Å². The zero-order valence-corrected chi connectivity index (χ0v) is 23.1. The summed E-state index contributed by atoms with van der Waals surface area (Å²) in [7, 11) is 0. The second kappa shape index (κ2) is 10.2.